The number of fused-ring (bicyclic) bond motifs is 1. The SMILES string of the molecule is CCc1ccc(NC(=O)COc2cccc(C(=O)Nc3nc4c(s3)C[C@@H](NCCC(F)(F)F)CC4)c2)cc1. The lowest BCUT2D eigenvalue weighted by Crippen LogP contribution is -2.36. The number of anilines is 2. The van der Waals surface area contributed by atoms with Crippen molar-refractivity contribution in [3.05, 3.63) is 70.2 Å². The number of benzene rings is 2. The Bertz CT molecular complexity index is 1260. The summed E-state index contributed by atoms with van der Waals surface area (Å²) in [6.45, 7) is 1.73. The normalized spacial score (nSPS) is 15.0. The fourth-order valence-corrected chi connectivity index (χ4v) is 5.17. The molecule has 0 fully saturated rings. The number of hydrogen-bond donors (Lipinski definition) is 3. The number of aryl methyl sites for hydroxylation is 2. The van der Waals surface area contributed by atoms with E-state index in [-0.39, 0.29) is 31.0 Å². The predicted octanol–water partition coefficient (Wildman–Crippen LogP) is 5.37. The lowest BCUT2D eigenvalue weighted by molar-refractivity contribution is -0.133. The Labute approximate surface area is 222 Å². The number of nitrogens with zero attached hydrogens (tertiary/aromatic N) is 1. The van der Waals surface area contributed by atoms with E-state index in [2.05, 4.69) is 27.9 Å². The van der Waals surface area contributed by atoms with Crippen molar-refractivity contribution < 1.29 is 27.5 Å². The topological polar surface area (TPSA) is 92.3 Å². The molecule has 4 rings (SSSR count). The minimum absolute atomic E-state index is 0.0458. The van der Waals surface area contributed by atoms with Crippen molar-refractivity contribution in [2.75, 3.05) is 23.8 Å². The van der Waals surface area contributed by atoms with E-state index in [1.54, 1.807) is 24.3 Å². The summed E-state index contributed by atoms with van der Waals surface area (Å²) in [4.78, 5) is 30.5. The molecular weight excluding hydrogens is 517 g/mol. The summed E-state index contributed by atoms with van der Waals surface area (Å²) in [7, 11) is 0. The molecule has 0 unspecified atom stereocenters. The molecule has 0 spiro atoms. The van der Waals surface area contributed by atoms with Crippen molar-refractivity contribution in [1.29, 1.82) is 0 Å². The van der Waals surface area contributed by atoms with Gasteiger partial charge in [0.25, 0.3) is 11.8 Å². The molecule has 0 saturated carbocycles. The maximum absolute atomic E-state index is 12.8. The summed E-state index contributed by atoms with van der Waals surface area (Å²) in [5.74, 6) is -0.314. The highest BCUT2D eigenvalue weighted by molar-refractivity contribution is 7.15. The van der Waals surface area contributed by atoms with Crippen molar-refractivity contribution in [3.8, 4) is 5.75 Å². The van der Waals surface area contributed by atoms with Crippen LogP contribution in [0.5, 0.6) is 5.75 Å². The van der Waals surface area contributed by atoms with Crippen LogP contribution in [0.1, 0.15) is 46.3 Å². The van der Waals surface area contributed by atoms with E-state index in [1.165, 1.54) is 16.9 Å². The van der Waals surface area contributed by atoms with Gasteiger partial charge in [-0.1, -0.05) is 25.1 Å². The molecule has 0 bridgehead atoms. The molecule has 1 aromatic heterocycles. The number of thiazole rings is 1. The second kappa shape index (κ2) is 12.4. The first kappa shape index (κ1) is 27.6. The lowest BCUT2D eigenvalue weighted by atomic mass is 9.97. The molecule has 2 aromatic carbocycles. The number of rotatable bonds is 10. The number of carbonyl (C=O) groups excluding carboxylic acids is 2. The molecule has 0 aliphatic heterocycles. The molecule has 0 saturated heterocycles. The summed E-state index contributed by atoms with van der Waals surface area (Å²) >= 11 is 1.33. The largest absolute Gasteiger partial charge is 0.484 e. The number of alkyl halides is 3. The molecule has 1 atom stereocenters. The van der Waals surface area contributed by atoms with Gasteiger partial charge < -0.3 is 15.4 Å². The molecule has 3 N–H and O–H groups in total. The van der Waals surface area contributed by atoms with Crippen molar-refractivity contribution in [2.24, 2.45) is 0 Å². The maximum Gasteiger partial charge on any atom is 0.390 e. The van der Waals surface area contributed by atoms with Gasteiger partial charge in [-0.2, -0.15) is 13.2 Å². The van der Waals surface area contributed by atoms with E-state index in [9.17, 15) is 22.8 Å². The number of amides is 2. The van der Waals surface area contributed by atoms with Crippen LogP contribution < -0.4 is 20.7 Å². The third-order valence-electron chi connectivity index (χ3n) is 6.11. The summed E-state index contributed by atoms with van der Waals surface area (Å²) < 4.78 is 42.8. The maximum atomic E-state index is 12.8. The molecule has 202 valence electrons. The Hall–Kier alpha value is -3.44. The Morgan fingerprint density at radius 3 is 2.66 bits per heavy atom. The first-order chi connectivity index (χ1) is 18.2. The Balaban J connectivity index is 1.27. The molecular formula is C27H29F3N4O3S. The van der Waals surface area contributed by atoms with Gasteiger partial charge in [0.1, 0.15) is 5.75 Å². The minimum Gasteiger partial charge on any atom is -0.484 e. The number of halogens is 3. The van der Waals surface area contributed by atoms with E-state index in [1.807, 2.05) is 24.3 Å². The second-order valence-corrected chi connectivity index (χ2v) is 10.1. The third kappa shape index (κ3) is 8.03. The highest BCUT2D eigenvalue weighted by Gasteiger charge is 2.28. The van der Waals surface area contributed by atoms with Gasteiger partial charge >= 0.3 is 6.18 Å². The third-order valence-corrected chi connectivity index (χ3v) is 7.15. The summed E-state index contributed by atoms with van der Waals surface area (Å²) in [5.41, 5.74) is 3.07. The number of nitrogens with one attached hydrogen (secondary N) is 3. The van der Waals surface area contributed by atoms with Crippen LogP contribution in [0.4, 0.5) is 24.0 Å². The van der Waals surface area contributed by atoms with E-state index in [0.717, 1.165) is 17.0 Å². The second-order valence-electron chi connectivity index (χ2n) is 9.02. The average Bonchev–Trinajstić information content (AvgIpc) is 3.29. The van der Waals surface area contributed by atoms with Gasteiger partial charge in [0, 0.05) is 28.7 Å². The van der Waals surface area contributed by atoms with E-state index >= 15 is 0 Å². The van der Waals surface area contributed by atoms with Crippen LogP contribution in [0.3, 0.4) is 0 Å². The fraction of sp³-hybridized carbons (Fsp3) is 0.370. The van der Waals surface area contributed by atoms with Gasteiger partial charge in [0.05, 0.1) is 12.1 Å². The van der Waals surface area contributed by atoms with Crippen molar-refractivity contribution in [2.45, 2.75) is 51.2 Å². The van der Waals surface area contributed by atoms with Gasteiger partial charge in [-0.15, -0.1) is 11.3 Å². The molecule has 7 nitrogen and oxygen atoms in total. The zero-order valence-corrected chi connectivity index (χ0v) is 21.7. The summed E-state index contributed by atoms with van der Waals surface area (Å²) in [5, 5.41) is 8.97. The van der Waals surface area contributed by atoms with Gasteiger partial charge in [-0.3, -0.25) is 14.9 Å². The van der Waals surface area contributed by atoms with Crippen LogP contribution in [0.25, 0.3) is 0 Å². The highest BCUT2D eigenvalue weighted by Crippen LogP contribution is 2.30. The molecule has 11 heteroatoms. The standard InChI is InChI=1S/C27H29F3N4O3S/c1-2-17-6-8-19(9-7-17)32-24(35)16-37-21-5-3-4-18(14-21)25(36)34-26-33-22-11-10-20(15-23(22)38-26)31-13-12-27(28,29)30/h3-9,14,20,31H,2,10-13,15-16H2,1H3,(H,32,35)(H,33,34,36)/t20-/m0/s1. The lowest BCUT2D eigenvalue weighted by Gasteiger charge is -2.22. The van der Waals surface area contributed by atoms with Gasteiger partial charge in [-0.25, -0.2) is 4.98 Å². The summed E-state index contributed by atoms with van der Waals surface area (Å²) in [6.07, 6.45) is -2.21. The number of hydrogen-bond acceptors (Lipinski definition) is 6. The van der Waals surface area contributed by atoms with Crippen LogP contribution in [0.15, 0.2) is 48.5 Å². The van der Waals surface area contributed by atoms with Gasteiger partial charge in [0.15, 0.2) is 11.7 Å². The molecule has 0 radical (unpaired) electrons. The van der Waals surface area contributed by atoms with E-state index in [4.69, 9.17) is 4.74 Å². The first-order valence-corrected chi connectivity index (χ1v) is 13.2. The molecule has 2 amide bonds. The minimum atomic E-state index is -4.18. The van der Waals surface area contributed by atoms with Crippen molar-refractivity contribution >= 4 is 34.0 Å². The first-order valence-electron chi connectivity index (χ1n) is 12.4. The van der Waals surface area contributed by atoms with Crippen LogP contribution in [0, 0.1) is 0 Å². The van der Waals surface area contributed by atoms with Crippen LogP contribution in [-0.2, 0) is 24.1 Å². The fourth-order valence-electron chi connectivity index (χ4n) is 4.09. The van der Waals surface area contributed by atoms with Crippen molar-refractivity contribution in [3.63, 3.8) is 0 Å². The predicted molar refractivity (Wildman–Crippen MR) is 141 cm³/mol. The summed E-state index contributed by atoms with van der Waals surface area (Å²) in [6, 6.07) is 14.0. The van der Waals surface area contributed by atoms with Crippen molar-refractivity contribution in [1.82, 2.24) is 10.3 Å². The van der Waals surface area contributed by atoms with Crippen LogP contribution >= 0.6 is 11.3 Å². The van der Waals surface area contributed by atoms with E-state index < -0.39 is 12.6 Å². The molecule has 38 heavy (non-hydrogen) atoms. The molecule has 1 heterocycles. The average molecular weight is 547 g/mol. The Morgan fingerprint density at radius 2 is 1.92 bits per heavy atom. The number of aromatic nitrogens is 1. The number of ether oxygens (including phenoxy) is 1. The monoisotopic (exact) mass is 546 g/mol. The quantitative estimate of drug-likeness (QED) is 0.318. The Kier molecular flexibility index (Phi) is 9.01. The highest BCUT2D eigenvalue weighted by atomic mass is 32.1. The number of carbonyl (C=O) groups is 2. The zero-order valence-electron chi connectivity index (χ0n) is 20.9. The van der Waals surface area contributed by atoms with Crippen LogP contribution in [-0.4, -0.2) is 42.2 Å². The smallest absolute Gasteiger partial charge is 0.390 e. The molecule has 3 aromatic rings. The Morgan fingerprint density at radius 1 is 1.13 bits per heavy atom. The van der Waals surface area contributed by atoms with Crippen LogP contribution in [0.2, 0.25) is 0 Å². The molecule has 1 aliphatic rings. The van der Waals surface area contributed by atoms with Gasteiger partial charge in [-0.05, 0) is 61.6 Å². The molecule has 1 aliphatic carbocycles. The van der Waals surface area contributed by atoms with Gasteiger partial charge in [0.2, 0.25) is 0 Å². The zero-order chi connectivity index (χ0) is 27.1. The van der Waals surface area contributed by atoms with E-state index in [0.29, 0.717) is 41.4 Å².